The molecular weight excluding hydrogens is 242 g/mol. The van der Waals surface area contributed by atoms with Gasteiger partial charge in [-0.15, -0.1) is 0 Å². The monoisotopic (exact) mass is 267 g/mol. The zero-order valence-electron chi connectivity index (χ0n) is 11.9. The molecule has 3 heteroatoms. The van der Waals surface area contributed by atoms with Crippen molar-refractivity contribution in [2.75, 3.05) is 19.4 Å². The maximum atomic E-state index is 8.93. The molecule has 0 spiro atoms. The predicted octanol–water partition coefficient (Wildman–Crippen LogP) is 3.07. The Kier molecular flexibility index (Phi) is 6.76. The van der Waals surface area contributed by atoms with Crippen LogP contribution in [-0.2, 0) is 0 Å². The Morgan fingerprint density at radius 1 is 1.33 bits per heavy atom. The predicted molar refractivity (Wildman–Crippen MR) is 81.3 cm³/mol. The average molecular weight is 267 g/mol. The number of aryl methyl sites for hydroxylation is 2. The molecule has 0 amide bonds. The lowest BCUT2D eigenvalue weighted by atomic mass is 10.0. The van der Waals surface area contributed by atoms with Crippen molar-refractivity contribution in [3.63, 3.8) is 0 Å². The van der Waals surface area contributed by atoms with Crippen LogP contribution in [0, 0.1) is 13.8 Å². The smallest absolute Gasteiger partial charge is 0.0441 e. The fourth-order valence-electron chi connectivity index (χ4n) is 1.99. The van der Waals surface area contributed by atoms with Crippen molar-refractivity contribution in [2.24, 2.45) is 0 Å². The maximum Gasteiger partial charge on any atom is 0.0441 e. The van der Waals surface area contributed by atoms with Crippen molar-refractivity contribution in [3.8, 4) is 0 Å². The van der Waals surface area contributed by atoms with Gasteiger partial charge in [-0.2, -0.15) is 11.8 Å². The van der Waals surface area contributed by atoms with Gasteiger partial charge in [0.2, 0.25) is 0 Å². The molecule has 0 aliphatic rings. The van der Waals surface area contributed by atoms with Crippen LogP contribution in [0.25, 0.3) is 0 Å². The highest BCUT2D eigenvalue weighted by molar-refractivity contribution is 7.99. The first kappa shape index (κ1) is 15.5. The fourth-order valence-corrected chi connectivity index (χ4v) is 3.13. The molecule has 0 aromatic heterocycles. The minimum absolute atomic E-state index is 0.280. The van der Waals surface area contributed by atoms with Crippen molar-refractivity contribution in [3.05, 3.63) is 34.9 Å². The third kappa shape index (κ3) is 4.63. The third-order valence-corrected chi connectivity index (χ3v) is 4.57. The molecule has 18 heavy (non-hydrogen) atoms. The van der Waals surface area contributed by atoms with E-state index in [-0.39, 0.29) is 6.61 Å². The van der Waals surface area contributed by atoms with E-state index >= 15 is 0 Å². The van der Waals surface area contributed by atoms with E-state index in [4.69, 9.17) is 5.11 Å². The first-order valence-electron chi connectivity index (χ1n) is 6.55. The van der Waals surface area contributed by atoms with Crippen LogP contribution in [0.1, 0.15) is 36.1 Å². The van der Waals surface area contributed by atoms with Crippen molar-refractivity contribution in [2.45, 2.75) is 38.5 Å². The van der Waals surface area contributed by atoms with Crippen LogP contribution in [0.5, 0.6) is 0 Å². The van der Waals surface area contributed by atoms with Crippen LogP contribution in [0.15, 0.2) is 18.2 Å². The molecule has 0 aliphatic heterocycles. The Labute approximate surface area is 115 Å². The zero-order valence-corrected chi connectivity index (χ0v) is 12.7. The number of hydrogen-bond donors (Lipinski definition) is 2. The van der Waals surface area contributed by atoms with E-state index in [0.717, 1.165) is 12.2 Å². The lowest BCUT2D eigenvalue weighted by Crippen LogP contribution is -2.21. The second kappa shape index (κ2) is 7.82. The summed E-state index contributed by atoms with van der Waals surface area (Å²) >= 11 is 1.92. The number of aliphatic hydroxyl groups excluding tert-OH is 1. The number of rotatable bonds is 7. The number of hydrogen-bond acceptors (Lipinski definition) is 3. The summed E-state index contributed by atoms with van der Waals surface area (Å²) in [6, 6.07) is 7.01. The van der Waals surface area contributed by atoms with Crippen LogP contribution >= 0.6 is 11.8 Å². The standard InChI is InChI=1S/C15H25NOS/c1-11-5-6-12(2)14(9-11)15(16-4)10-18-13(3)7-8-17/h5-6,9,13,15-17H,7-8,10H2,1-4H3. The van der Waals surface area contributed by atoms with Crippen molar-refractivity contribution < 1.29 is 5.11 Å². The van der Waals surface area contributed by atoms with Gasteiger partial charge >= 0.3 is 0 Å². The molecule has 0 aliphatic carbocycles. The Hall–Kier alpha value is -0.510. The average Bonchev–Trinajstić information content (AvgIpc) is 2.34. The minimum atomic E-state index is 0.280. The first-order valence-corrected chi connectivity index (χ1v) is 7.60. The second-order valence-electron chi connectivity index (χ2n) is 4.86. The van der Waals surface area contributed by atoms with Crippen LogP contribution in [-0.4, -0.2) is 29.8 Å². The van der Waals surface area contributed by atoms with Gasteiger partial charge < -0.3 is 10.4 Å². The van der Waals surface area contributed by atoms with Gasteiger partial charge in [0.1, 0.15) is 0 Å². The van der Waals surface area contributed by atoms with Crippen LogP contribution < -0.4 is 5.32 Å². The normalized spacial score (nSPS) is 14.5. The van der Waals surface area contributed by atoms with Gasteiger partial charge in [-0.3, -0.25) is 0 Å². The molecule has 2 N–H and O–H groups in total. The summed E-state index contributed by atoms with van der Waals surface area (Å²) in [5.41, 5.74) is 4.04. The summed E-state index contributed by atoms with van der Waals surface area (Å²) < 4.78 is 0. The lowest BCUT2D eigenvalue weighted by Gasteiger charge is -2.21. The Bertz CT molecular complexity index is 368. The molecule has 102 valence electrons. The van der Waals surface area contributed by atoms with Crippen LogP contribution in [0.2, 0.25) is 0 Å². The molecule has 0 radical (unpaired) electrons. The van der Waals surface area contributed by atoms with Gasteiger partial charge in [-0.1, -0.05) is 30.7 Å². The van der Waals surface area contributed by atoms with E-state index in [9.17, 15) is 0 Å². The first-order chi connectivity index (χ1) is 8.58. The summed E-state index contributed by atoms with van der Waals surface area (Å²) in [6.07, 6.45) is 0.869. The highest BCUT2D eigenvalue weighted by atomic mass is 32.2. The van der Waals surface area contributed by atoms with Gasteiger partial charge in [-0.25, -0.2) is 0 Å². The van der Waals surface area contributed by atoms with Gasteiger partial charge in [-0.05, 0) is 38.4 Å². The molecule has 1 aromatic rings. The summed E-state index contributed by atoms with van der Waals surface area (Å²) in [6.45, 7) is 6.76. The number of nitrogens with one attached hydrogen (secondary N) is 1. The van der Waals surface area contributed by atoms with Crippen molar-refractivity contribution in [1.82, 2.24) is 5.32 Å². The number of thioether (sulfide) groups is 1. The van der Waals surface area contributed by atoms with E-state index in [2.05, 4.69) is 44.3 Å². The molecular formula is C15H25NOS. The molecule has 0 heterocycles. The largest absolute Gasteiger partial charge is 0.396 e. The topological polar surface area (TPSA) is 32.3 Å². The summed E-state index contributed by atoms with van der Waals surface area (Å²) in [4.78, 5) is 0. The maximum absolute atomic E-state index is 8.93. The molecule has 2 nitrogen and oxygen atoms in total. The molecule has 0 fully saturated rings. The summed E-state index contributed by atoms with van der Waals surface area (Å²) in [5.74, 6) is 1.04. The molecule has 1 rings (SSSR count). The number of benzene rings is 1. The molecule has 0 bridgehead atoms. The Morgan fingerprint density at radius 3 is 2.67 bits per heavy atom. The van der Waals surface area contributed by atoms with Crippen molar-refractivity contribution in [1.29, 1.82) is 0 Å². The molecule has 2 atom stereocenters. The summed E-state index contributed by atoms with van der Waals surface area (Å²) in [5, 5.41) is 12.8. The van der Waals surface area contributed by atoms with E-state index in [1.54, 1.807) is 0 Å². The quantitative estimate of drug-likeness (QED) is 0.796. The minimum Gasteiger partial charge on any atom is -0.396 e. The van der Waals surface area contributed by atoms with Crippen LogP contribution in [0.4, 0.5) is 0 Å². The molecule has 1 aromatic carbocycles. The molecule has 2 unspecified atom stereocenters. The van der Waals surface area contributed by atoms with Gasteiger partial charge in [0, 0.05) is 23.7 Å². The van der Waals surface area contributed by atoms with Gasteiger partial charge in [0.05, 0.1) is 0 Å². The van der Waals surface area contributed by atoms with Gasteiger partial charge in [0.15, 0.2) is 0 Å². The van der Waals surface area contributed by atoms with Gasteiger partial charge in [0.25, 0.3) is 0 Å². The van der Waals surface area contributed by atoms with E-state index in [0.29, 0.717) is 11.3 Å². The fraction of sp³-hybridized carbons (Fsp3) is 0.600. The molecule has 0 saturated heterocycles. The highest BCUT2D eigenvalue weighted by Gasteiger charge is 2.13. The second-order valence-corrected chi connectivity index (χ2v) is 6.33. The Balaban J connectivity index is 2.68. The van der Waals surface area contributed by atoms with E-state index < -0.39 is 0 Å². The number of aliphatic hydroxyl groups is 1. The van der Waals surface area contributed by atoms with E-state index in [1.165, 1.54) is 16.7 Å². The van der Waals surface area contributed by atoms with Crippen LogP contribution in [0.3, 0.4) is 0 Å². The SMILES string of the molecule is CNC(CSC(C)CCO)c1cc(C)ccc1C. The van der Waals surface area contributed by atoms with E-state index in [1.807, 2.05) is 18.8 Å². The highest BCUT2D eigenvalue weighted by Crippen LogP contribution is 2.25. The lowest BCUT2D eigenvalue weighted by molar-refractivity contribution is 0.289. The van der Waals surface area contributed by atoms with Crippen molar-refractivity contribution >= 4 is 11.8 Å². The Morgan fingerprint density at radius 2 is 2.06 bits per heavy atom. The summed E-state index contributed by atoms with van der Waals surface area (Å²) in [7, 11) is 2.02. The zero-order chi connectivity index (χ0) is 13.5. The third-order valence-electron chi connectivity index (χ3n) is 3.24. The molecule has 0 saturated carbocycles.